The molecule has 1 saturated heterocycles. The Morgan fingerprint density at radius 2 is 2.09 bits per heavy atom. The Balaban J connectivity index is 1.72. The summed E-state index contributed by atoms with van der Waals surface area (Å²) < 4.78 is 5.86. The van der Waals surface area contributed by atoms with Crippen LogP contribution in [-0.4, -0.2) is 36.1 Å². The topological polar surface area (TPSA) is 50.3 Å². The molecule has 22 heavy (non-hydrogen) atoms. The highest BCUT2D eigenvalue weighted by Gasteiger charge is 2.14. The van der Waals surface area contributed by atoms with Crippen molar-refractivity contribution >= 4 is 17.4 Å². The molecule has 1 aliphatic rings. The van der Waals surface area contributed by atoms with E-state index in [-0.39, 0.29) is 6.10 Å². The van der Waals surface area contributed by atoms with Crippen LogP contribution in [0.1, 0.15) is 18.6 Å². The summed E-state index contributed by atoms with van der Waals surface area (Å²) in [4.78, 5) is 11.0. The maximum atomic E-state index is 6.02. The van der Waals surface area contributed by atoms with E-state index in [1.807, 2.05) is 37.3 Å². The van der Waals surface area contributed by atoms with E-state index in [4.69, 9.17) is 16.3 Å². The minimum atomic E-state index is -0.156. The van der Waals surface area contributed by atoms with Gasteiger partial charge in [-0.1, -0.05) is 23.7 Å². The van der Waals surface area contributed by atoms with Crippen molar-refractivity contribution in [2.75, 3.05) is 31.1 Å². The number of ether oxygens (including phenoxy) is 1. The molecule has 2 heterocycles. The largest absolute Gasteiger partial charge is 0.456 e. The first-order valence-corrected chi connectivity index (χ1v) is 7.81. The lowest BCUT2D eigenvalue weighted by atomic mass is 10.1. The molecule has 3 rings (SSSR count). The number of piperazine rings is 1. The molecule has 1 aliphatic heterocycles. The molecule has 6 heteroatoms. The maximum absolute atomic E-state index is 6.02. The van der Waals surface area contributed by atoms with Crippen molar-refractivity contribution in [2.24, 2.45) is 0 Å². The molecule has 0 spiro atoms. The van der Waals surface area contributed by atoms with E-state index in [0.717, 1.165) is 37.6 Å². The second kappa shape index (κ2) is 6.94. The summed E-state index contributed by atoms with van der Waals surface area (Å²) in [6, 6.07) is 9.95. The van der Waals surface area contributed by atoms with Crippen molar-refractivity contribution < 1.29 is 4.74 Å². The van der Waals surface area contributed by atoms with Gasteiger partial charge in [-0.05, 0) is 30.7 Å². The van der Waals surface area contributed by atoms with Crippen molar-refractivity contribution in [1.29, 1.82) is 0 Å². The third-order valence-electron chi connectivity index (χ3n) is 3.66. The first-order chi connectivity index (χ1) is 10.7. The fourth-order valence-electron chi connectivity index (χ4n) is 2.44. The molecule has 0 aliphatic carbocycles. The molecule has 1 N–H and O–H groups in total. The standard InChI is InChI=1S/C16H19ClN4O/c1-12(13-3-2-4-14(17)11-13)22-16-19-6-5-15(20-16)21-9-7-18-8-10-21/h2-6,11-12,18H,7-10H2,1H3. The van der Waals surface area contributed by atoms with Gasteiger partial charge in [0.2, 0.25) is 0 Å². The van der Waals surface area contributed by atoms with E-state index < -0.39 is 0 Å². The normalized spacial score (nSPS) is 16.4. The lowest BCUT2D eigenvalue weighted by Crippen LogP contribution is -2.43. The lowest BCUT2D eigenvalue weighted by Gasteiger charge is -2.28. The van der Waals surface area contributed by atoms with Gasteiger partial charge in [-0.25, -0.2) is 4.98 Å². The summed E-state index contributed by atoms with van der Waals surface area (Å²) in [7, 11) is 0. The number of hydrogen-bond acceptors (Lipinski definition) is 5. The summed E-state index contributed by atoms with van der Waals surface area (Å²) in [6.45, 7) is 5.80. The Morgan fingerprint density at radius 1 is 1.27 bits per heavy atom. The van der Waals surface area contributed by atoms with E-state index in [1.54, 1.807) is 6.20 Å². The smallest absolute Gasteiger partial charge is 0.318 e. The molecule has 1 atom stereocenters. The second-order valence-corrected chi connectivity index (χ2v) is 5.69. The zero-order valence-corrected chi connectivity index (χ0v) is 13.3. The highest BCUT2D eigenvalue weighted by molar-refractivity contribution is 6.30. The van der Waals surface area contributed by atoms with Crippen LogP contribution in [0.2, 0.25) is 5.02 Å². The third kappa shape index (κ3) is 3.67. The number of aromatic nitrogens is 2. The number of halogens is 1. The molecule has 0 saturated carbocycles. The Hall–Kier alpha value is -1.85. The number of rotatable bonds is 4. The van der Waals surface area contributed by atoms with Crippen LogP contribution in [0.4, 0.5) is 5.82 Å². The van der Waals surface area contributed by atoms with Crippen LogP contribution in [0.25, 0.3) is 0 Å². The molecule has 0 amide bonds. The maximum Gasteiger partial charge on any atom is 0.318 e. The Morgan fingerprint density at radius 3 is 2.86 bits per heavy atom. The Bertz CT molecular complexity index is 631. The second-order valence-electron chi connectivity index (χ2n) is 5.25. The summed E-state index contributed by atoms with van der Waals surface area (Å²) in [6.07, 6.45) is 1.58. The fourth-order valence-corrected chi connectivity index (χ4v) is 2.64. The lowest BCUT2D eigenvalue weighted by molar-refractivity contribution is 0.207. The average molecular weight is 319 g/mol. The molecule has 1 unspecified atom stereocenters. The molecule has 1 aromatic heterocycles. The van der Waals surface area contributed by atoms with Crippen molar-refractivity contribution in [2.45, 2.75) is 13.0 Å². The molecule has 0 bridgehead atoms. The summed E-state index contributed by atoms with van der Waals surface area (Å²) in [5.74, 6) is 0.907. The molecule has 1 fully saturated rings. The van der Waals surface area contributed by atoms with Crippen LogP contribution in [0.5, 0.6) is 6.01 Å². The molecule has 116 valence electrons. The summed E-state index contributed by atoms with van der Waals surface area (Å²) >= 11 is 6.02. The van der Waals surface area contributed by atoms with Gasteiger partial charge in [0.1, 0.15) is 11.9 Å². The van der Waals surface area contributed by atoms with Crippen LogP contribution in [0, 0.1) is 0 Å². The third-order valence-corrected chi connectivity index (χ3v) is 3.90. The van der Waals surface area contributed by atoms with Gasteiger partial charge in [-0.2, -0.15) is 4.98 Å². The molecule has 1 aromatic carbocycles. The number of hydrogen-bond donors (Lipinski definition) is 1. The van der Waals surface area contributed by atoms with Crippen LogP contribution in [0.3, 0.4) is 0 Å². The van der Waals surface area contributed by atoms with E-state index in [0.29, 0.717) is 11.0 Å². The van der Waals surface area contributed by atoms with Gasteiger partial charge in [0, 0.05) is 37.4 Å². The monoisotopic (exact) mass is 318 g/mol. The van der Waals surface area contributed by atoms with Crippen LogP contribution >= 0.6 is 11.6 Å². The molecular weight excluding hydrogens is 300 g/mol. The van der Waals surface area contributed by atoms with Crippen LogP contribution < -0.4 is 15.0 Å². The van der Waals surface area contributed by atoms with Gasteiger partial charge in [0.05, 0.1) is 0 Å². The zero-order valence-electron chi connectivity index (χ0n) is 12.5. The van der Waals surface area contributed by atoms with E-state index in [1.165, 1.54) is 0 Å². The molecule has 0 radical (unpaired) electrons. The van der Waals surface area contributed by atoms with Crippen LogP contribution in [-0.2, 0) is 0 Å². The minimum Gasteiger partial charge on any atom is -0.456 e. The predicted molar refractivity (Wildman–Crippen MR) is 87.6 cm³/mol. The summed E-state index contributed by atoms with van der Waals surface area (Å²) in [5, 5.41) is 4.03. The van der Waals surface area contributed by atoms with E-state index in [2.05, 4.69) is 20.2 Å². The van der Waals surface area contributed by atoms with Gasteiger partial charge >= 0.3 is 6.01 Å². The van der Waals surface area contributed by atoms with Crippen molar-refractivity contribution in [3.63, 3.8) is 0 Å². The van der Waals surface area contributed by atoms with Gasteiger partial charge in [0.15, 0.2) is 0 Å². The number of nitrogens with zero attached hydrogens (tertiary/aromatic N) is 3. The first-order valence-electron chi connectivity index (χ1n) is 7.43. The molecule has 5 nitrogen and oxygen atoms in total. The highest BCUT2D eigenvalue weighted by atomic mass is 35.5. The quantitative estimate of drug-likeness (QED) is 0.939. The Labute approximate surface area is 135 Å². The van der Waals surface area contributed by atoms with Gasteiger partial charge in [-0.15, -0.1) is 0 Å². The average Bonchev–Trinajstić information content (AvgIpc) is 2.56. The first kappa shape index (κ1) is 15.1. The summed E-state index contributed by atoms with van der Waals surface area (Å²) in [5.41, 5.74) is 1.00. The van der Waals surface area contributed by atoms with E-state index >= 15 is 0 Å². The van der Waals surface area contributed by atoms with Crippen molar-refractivity contribution in [3.05, 3.63) is 47.1 Å². The van der Waals surface area contributed by atoms with Gasteiger partial charge in [0.25, 0.3) is 0 Å². The van der Waals surface area contributed by atoms with Gasteiger partial charge < -0.3 is 15.0 Å². The van der Waals surface area contributed by atoms with Crippen LogP contribution in [0.15, 0.2) is 36.5 Å². The Kier molecular flexibility index (Phi) is 4.75. The van der Waals surface area contributed by atoms with E-state index in [9.17, 15) is 0 Å². The number of anilines is 1. The van der Waals surface area contributed by atoms with Crippen molar-refractivity contribution in [3.8, 4) is 6.01 Å². The molecule has 2 aromatic rings. The highest BCUT2D eigenvalue weighted by Crippen LogP contribution is 2.22. The fraction of sp³-hybridized carbons (Fsp3) is 0.375. The number of nitrogens with one attached hydrogen (secondary N) is 1. The SMILES string of the molecule is CC(Oc1nccc(N2CCNCC2)n1)c1cccc(Cl)c1. The van der Waals surface area contributed by atoms with Crippen molar-refractivity contribution in [1.82, 2.24) is 15.3 Å². The minimum absolute atomic E-state index is 0.156. The van der Waals surface area contributed by atoms with Gasteiger partial charge in [-0.3, -0.25) is 0 Å². The molecular formula is C16H19ClN4O. The number of benzene rings is 1. The zero-order chi connectivity index (χ0) is 15.4. The predicted octanol–water partition coefficient (Wildman–Crippen LogP) is 2.68.